The number of hydrogen-bond donors (Lipinski definition) is 1. The molecule has 116 valence electrons. The molecule has 5 nitrogen and oxygen atoms in total. The van der Waals surface area contributed by atoms with E-state index in [4.69, 9.17) is 4.74 Å². The molecule has 1 fully saturated rings. The molecule has 1 aromatic carbocycles. The first kappa shape index (κ1) is 14.0. The molecular weight excluding hydrogens is 290 g/mol. The molecule has 0 spiro atoms. The van der Waals surface area contributed by atoms with Crippen molar-refractivity contribution < 1.29 is 9.53 Å². The molecule has 3 heterocycles. The highest BCUT2D eigenvalue weighted by Gasteiger charge is 2.23. The van der Waals surface area contributed by atoms with Gasteiger partial charge < -0.3 is 14.5 Å². The first-order chi connectivity index (χ1) is 11.3. The monoisotopic (exact) mass is 307 g/mol. The fourth-order valence-corrected chi connectivity index (χ4v) is 2.84. The normalized spacial score (nSPS) is 17.5. The average molecular weight is 307 g/mol. The van der Waals surface area contributed by atoms with Crippen LogP contribution in [0.15, 0.2) is 54.9 Å². The van der Waals surface area contributed by atoms with Gasteiger partial charge >= 0.3 is 0 Å². The molecule has 0 saturated carbocycles. The van der Waals surface area contributed by atoms with Gasteiger partial charge in [0.25, 0.3) is 5.91 Å². The van der Waals surface area contributed by atoms with Crippen LogP contribution in [0.4, 0.5) is 5.69 Å². The maximum absolute atomic E-state index is 12.1. The molecule has 0 radical (unpaired) electrons. The van der Waals surface area contributed by atoms with Crippen LogP contribution < -0.4 is 5.32 Å². The summed E-state index contributed by atoms with van der Waals surface area (Å²) in [6.45, 7) is 0.666. The number of nitrogens with one attached hydrogen (secondary N) is 1. The zero-order valence-electron chi connectivity index (χ0n) is 12.6. The number of carbonyl (C=O) groups excluding carboxylic acids is 1. The van der Waals surface area contributed by atoms with Gasteiger partial charge in [0, 0.05) is 30.3 Å². The number of pyridine rings is 1. The smallest absolute Gasteiger partial charge is 0.253 e. The summed E-state index contributed by atoms with van der Waals surface area (Å²) in [6, 6.07) is 13.6. The molecule has 1 aliphatic rings. The fraction of sp³-hybridized carbons (Fsp3) is 0.222. The van der Waals surface area contributed by atoms with Gasteiger partial charge in [-0.05, 0) is 37.1 Å². The largest absolute Gasteiger partial charge is 0.368 e. The predicted molar refractivity (Wildman–Crippen MR) is 88.2 cm³/mol. The number of ether oxygens (including phenoxy) is 1. The first-order valence-corrected chi connectivity index (χ1v) is 7.76. The van der Waals surface area contributed by atoms with Crippen LogP contribution in [-0.4, -0.2) is 28.0 Å². The summed E-state index contributed by atoms with van der Waals surface area (Å²) in [7, 11) is 0. The van der Waals surface area contributed by atoms with E-state index >= 15 is 0 Å². The predicted octanol–water partition coefficient (Wildman–Crippen LogP) is 3.12. The van der Waals surface area contributed by atoms with Crippen molar-refractivity contribution in [3.05, 3.63) is 54.9 Å². The molecule has 1 amide bonds. The summed E-state index contributed by atoms with van der Waals surface area (Å²) in [4.78, 5) is 16.8. The van der Waals surface area contributed by atoms with Crippen LogP contribution in [0.5, 0.6) is 0 Å². The van der Waals surface area contributed by atoms with E-state index in [1.165, 1.54) is 0 Å². The molecule has 0 aliphatic carbocycles. The molecule has 23 heavy (non-hydrogen) atoms. The molecule has 0 bridgehead atoms. The standard InChI is InChI=1S/C18H17N3O2/c22-18(16-7-4-10-23-16)19-14-6-3-5-13(11-14)15-12-21-9-2-1-8-17(21)20-15/h1-3,5-6,8-9,11-12,16H,4,7,10H2,(H,19,22). The second-order valence-corrected chi connectivity index (χ2v) is 5.66. The Bertz CT molecular complexity index is 817. The van der Waals surface area contributed by atoms with Crippen LogP contribution in [-0.2, 0) is 9.53 Å². The van der Waals surface area contributed by atoms with Gasteiger partial charge in [0.2, 0.25) is 0 Å². The lowest BCUT2D eigenvalue weighted by Gasteiger charge is -2.11. The Balaban J connectivity index is 1.59. The van der Waals surface area contributed by atoms with Gasteiger partial charge in [0.15, 0.2) is 0 Å². The minimum Gasteiger partial charge on any atom is -0.368 e. The van der Waals surface area contributed by atoms with Crippen molar-refractivity contribution in [1.82, 2.24) is 9.38 Å². The molecule has 1 N–H and O–H groups in total. The minimum atomic E-state index is -0.325. The van der Waals surface area contributed by atoms with Crippen molar-refractivity contribution in [2.75, 3.05) is 11.9 Å². The Morgan fingerprint density at radius 1 is 1.26 bits per heavy atom. The number of benzene rings is 1. The Labute approximate surface area is 133 Å². The topological polar surface area (TPSA) is 55.6 Å². The van der Waals surface area contributed by atoms with E-state index in [0.717, 1.165) is 35.4 Å². The molecule has 2 aromatic heterocycles. The summed E-state index contributed by atoms with van der Waals surface area (Å²) >= 11 is 0. The minimum absolute atomic E-state index is 0.0744. The van der Waals surface area contributed by atoms with Crippen molar-refractivity contribution in [1.29, 1.82) is 0 Å². The number of fused-ring (bicyclic) bond motifs is 1. The highest BCUT2D eigenvalue weighted by molar-refractivity contribution is 5.94. The molecule has 1 atom stereocenters. The Morgan fingerprint density at radius 3 is 3.04 bits per heavy atom. The molecule has 1 aliphatic heterocycles. The molecule has 1 unspecified atom stereocenters. The van der Waals surface area contributed by atoms with Gasteiger partial charge in [-0.1, -0.05) is 18.2 Å². The lowest BCUT2D eigenvalue weighted by molar-refractivity contribution is -0.124. The van der Waals surface area contributed by atoms with E-state index in [9.17, 15) is 4.79 Å². The van der Waals surface area contributed by atoms with Crippen molar-refractivity contribution in [2.45, 2.75) is 18.9 Å². The number of nitrogens with zero attached hydrogens (tertiary/aromatic N) is 2. The second kappa shape index (κ2) is 5.85. The molecule has 1 saturated heterocycles. The van der Waals surface area contributed by atoms with Crippen LogP contribution in [0.2, 0.25) is 0 Å². The Kier molecular flexibility index (Phi) is 3.55. The van der Waals surface area contributed by atoms with Gasteiger partial charge in [-0.2, -0.15) is 0 Å². The zero-order chi connectivity index (χ0) is 15.6. The van der Waals surface area contributed by atoms with Gasteiger partial charge in [-0.15, -0.1) is 0 Å². The lowest BCUT2D eigenvalue weighted by atomic mass is 10.1. The average Bonchev–Trinajstić information content (AvgIpc) is 3.24. The van der Waals surface area contributed by atoms with E-state index in [1.54, 1.807) is 0 Å². The second-order valence-electron chi connectivity index (χ2n) is 5.66. The molecule has 3 aromatic rings. The number of aromatic nitrogens is 2. The Morgan fingerprint density at radius 2 is 2.22 bits per heavy atom. The van der Waals surface area contributed by atoms with Gasteiger partial charge in [-0.25, -0.2) is 4.98 Å². The third-order valence-electron chi connectivity index (χ3n) is 4.01. The summed E-state index contributed by atoms with van der Waals surface area (Å²) in [6.07, 6.45) is 5.36. The van der Waals surface area contributed by atoms with Crippen LogP contribution >= 0.6 is 0 Å². The van der Waals surface area contributed by atoms with E-state index in [1.807, 2.05) is 59.3 Å². The summed E-state index contributed by atoms with van der Waals surface area (Å²) < 4.78 is 7.39. The maximum atomic E-state index is 12.1. The first-order valence-electron chi connectivity index (χ1n) is 7.76. The SMILES string of the molecule is O=C(Nc1cccc(-c2cn3ccccc3n2)c1)C1CCCO1. The van der Waals surface area contributed by atoms with Gasteiger partial charge in [0.05, 0.1) is 5.69 Å². The van der Waals surface area contributed by atoms with Crippen molar-refractivity contribution in [2.24, 2.45) is 0 Å². The quantitative estimate of drug-likeness (QED) is 0.809. The van der Waals surface area contributed by atoms with Crippen LogP contribution in [0, 0.1) is 0 Å². The summed E-state index contributed by atoms with van der Waals surface area (Å²) in [5.74, 6) is -0.0744. The van der Waals surface area contributed by atoms with Crippen molar-refractivity contribution in [3.63, 3.8) is 0 Å². The van der Waals surface area contributed by atoms with Crippen LogP contribution in [0.3, 0.4) is 0 Å². The van der Waals surface area contributed by atoms with Crippen molar-refractivity contribution >= 4 is 17.2 Å². The van der Waals surface area contributed by atoms with E-state index < -0.39 is 0 Å². The number of hydrogen-bond acceptors (Lipinski definition) is 3. The summed E-state index contributed by atoms with van der Waals surface area (Å²) in [5, 5.41) is 2.93. The number of rotatable bonds is 3. The third kappa shape index (κ3) is 2.83. The third-order valence-corrected chi connectivity index (χ3v) is 4.01. The maximum Gasteiger partial charge on any atom is 0.253 e. The number of amides is 1. The van der Waals surface area contributed by atoms with Crippen LogP contribution in [0.1, 0.15) is 12.8 Å². The molecule has 5 heteroatoms. The highest BCUT2D eigenvalue weighted by atomic mass is 16.5. The van der Waals surface area contributed by atoms with Gasteiger partial charge in [0.1, 0.15) is 11.8 Å². The number of imidazole rings is 1. The van der Waals surface area contributed by atoms with Crippen molar-refractivity contribution in [3.8, 4) is 11.3 Å². The highest BCUT2D eigenvalue weighted by Crippen LogP contribution is 2.23. The molecule has 4 rings (SSSR count). The van der Waals surface area contributed by atoms with Gasteiger partial charge in [-0.3, -0.25) is 4.79 Å². The fourth-order valence-electron chi connectivity index (χ4n) is 2.84. The number of anilines is 1. The van der Waals surface area contributed by atoms with E-state index in [0.29, 0.717) is 6.61 Å². The number of carbonyl (C=O) groups is 1. The summed E-state index contributed by atoms with van der Waals surface area (Å²) in [5.41, 5.74) is 3.51. The van der Waals surface area contributed by atoms with Crippen LogP contribution in [0.25, 0.3) is 16.9 Å². The lowest BCUT2D eigenvalue weighted by Crippen LogP contribution is -2.26. The Hall–Kier alpha value is -2.66. The zero-order valence-corrected chi connectivity index (χ0v) is 12.6. The van der Waals surface area contributed by atoms with E-state index in [2.05, 4.69) is 10.3 Å². The van der Waals surface area contributed by atoms with E-state index in [-0.39, 0.29) is 12.0 Å². The molecular formula is C18H17N3O2.